The van der Waals surface area contributed by atoms with E-state index in [0.717, 1.165) is 18.4 Å². The molecule has 0 spiro atoms. The fourth-order valence-electron chi connectivity index (χ4n) is 2.45. The van der Waals surface area contributed by atoms with Crippen molar-refractivity contribution in [3.8, 4) is 0 Å². The van der Waals surface area contributed by atoms with Gasteiger partial charge < -0.3 is 0 Å². The number of hydrogen-bond donors (Lipinski definition) is 0. The molecule has 15 heavy (non-hydrogen) atoms. The Kier molecular flexibility index (Phi) is 3.54. The van der Waals surface area contributed by atoms with E-state index in [1.807, 2.05) is 6.92 Å². The van der Waals surface area contributed by atoms with Gasteiger partial charge in [-0.3, -0.25) is 4.79 Å². The number of hydrogen-bond acceptors (Lipinski definition) is 1. The molecule has 1 rings (SSSR count). The van der Waals surface area contributed by atoms with Crippen LogP contribution >= 0.6 is 0 Å². The van der Waals surface area contributed by atoms with Gasteiger partial charge in [0.15, 0.2) is 5.78 Å². The van der Waals surface area contributed by atoms with Crippen LogP contribution in [0.25, 0.3) is 0 Å². The summed E-state index contributed by atoms with van der Waals surface area (Å²) < 4.78 is 0. The van der Waals surface area contributed by atoms with Gasteiger partial charge >= 0.3 is 0 Å². The van der Waals surface area contributed by atoms with Crippen molar-refractivity contribution in [1.82, 2.24) is 0 Å². The fraction of sp³-hybridized carbons (Fsp3) is 0.643. The van der Waals surface area contributed by atoms with Crippen LogP contribution in [0.5, 0.6) is 0 Å². The van der Waals surface area contributed by atoms with Crippen molar-refractivity contribution in [3.63, 3.8) is 0 Å². The Morgan fingerprint density at radius 1 is 1.60 bits per heavy atom. The van der Waals surface area contributed by atoms with Crippen molar-refractivity contribution < 1.29 is 4.79 Å². The standard InChI is InChI=1S/C14H22O/c1-10(2)6-7-14(5)9-11(3)8-12(4)13(14)15/h6,8,11H,7,9H2,1-5H3. The van der Waals surface area contributed by atoms with Gasteiger partial charge in [-0.05, 0) is 45.1 Å². The summed E-state index contributed by atoms with van der Waals surface area (Å²) in [7, 11) is 0. The molecular formula is C14H22O. The zero-order valence-electron chi connectivity index (χ0n) is 10.6. The molecule has 1 heteroatoms. The van der Waals surface area contributed by atoms with Crippen LogP contribution in [0, 0.1) is 11.3 Å². The molecule has 0 heterocycles. The molecule has 0 aliphatic heterocycles. The van der Waals surface area contributed by atoms with Gasteiger partial charge in [0.05, 0.1) is 0 Å². The average molecular weight is 206 g/mol. The molecule has 0 radical (unpaired) electrons. The Hall–Kier alpha value is -0.850. The third kappa shape index (κ3) is 2.80. The SMILES string of the molecule is CC(C)=CCC1(C)CC(C)C=C(C)C1=O. The minimum atomic E-state index is -0.171. The maximum atomic E-state index is 12.1. The Bertz CT molecular complexity index is 318. The number of Topliss-reactive ketones (excluding diaryl/α,β-unsaturated/α-hetero) is 1. The van der Waals surface area contributed by atoms with Crippen molar-refractivity contribution >= 4 is 5.78 Å². The number of allylic oxidation sites excluding steroid dienone is 4. The molecule has 1 nitrogen and oxygen atoms in total. The molecule has 0 aromatic rings. The lowest BCUT2D eigenvalue weighted by Crippen LogP contribution is -2.33. The molecule has 1 aliphatic carbocycles. The summed E-state index contributed by atoms with van der Waals surface area (Å²) in [6.45, 7) is 10.4. The molecule has 0 bridgehead atoms. The van der Waals surface area contributed by atoms with Gasteiger partial charge in [0.25, 0.3) is 0 Å². The molecule has 0 N–H and O–H groups in total. The van der Waals surface area contributed by atoms with Gasteiger partial charge in [0.2, 0.25) is 0 Å². The summed E-state index contributed by atoms with van der Waals surface area (Å²) in [6, 6.07) is 0. The second-order valence-electron chi connectivity index (χ2n) is 5.41. The van der Waals surface area contributed by atoms with E-state index in [4.69, 9.17) is 0 Å². The Morgan fingerprint density at radius 2 is 2.20 bits per heavy atom. The fourth-order valence-corrected chi connectivity index (χ4v) is 2.45. The first-order valence-electron chi connectivity index (χ1n) is 5.72. The van der Waals surface area contributed by atoms with Gasteiger partial charge in [-0.25, -0.2) is 0 Å². The van der Waals surface area contributed by atoms with Crippen LogP contribution in [0.3, 0.4) is 0 Å². The van der Waals surface area contributed by atoms with E-state index in [2.05, 4.69) is 39.8 Å². The van der Waals surface area contributed by atoms with E-state index in [9.17, 15) is 4.79 Å². The van der Waals surface area contributed by atoms with Gasteiger partial charge in [-0.1, -0.05) is 31.6 Å². The van der Waals surface area contributed by atoms with Crippen LogP contribution in [-0.2, 0) is 4.79 Å². The van der Waals surface area contributed by atoms with Crippen molar-refractivity contribution in [1.29, 1.82) is 0 Å². The summed E-state index contributed by atoms with van der Waals surface area (Å²) in [5.74, 6) is 0.858. The number of carbonyl (C=O) groups is 1. The predicted molar refractivity (Wildman–Crippen MR) is 64.7 cm³/mol. The second-order valence-corrected chi connectivity index (χ2v) is 5.41. The number of ketones is 1. The van der Waals surface area contributed by atoms with Crippen LogP contribution in [-0.4, -0.2) is 5.78 Å². The van der Waals surface area contributed by atoms with Gasteiger partial charge in [-0.2, -0.15) is 0 Å². The largest absolute Gasteiger partial charge is 0.294 e. The Balaban J connectivity index is 2.89. The van der Waals surface area contributed by atoms with Crippen LogP contribution in [0.2, 0.25) is 0 Å². The first-order valence-corrected chi connectivity index (χ1v) is 5.72. The lowest BCUT2D eigenvalue weighted by atomic mass is 9.69. The molecule has 0 aromatic carbocycles. The molecule has 0 amide bonds. The van der Waals surface area contributed by atoms with Crippen LogP contribution in [0.4, 0.5) is 0 Å². The molecule has 84 valence electrons. The van der Waals surface area contributed by atoms with Gasteiger partial charge in [0.1, 0.15) is 0 Å². The summed E-state index contributed by atoms with van der Waals surface area (Å²) in [5, 5.41) is 0. The summed E-state index contributed by atoms with van der Waals surface area (Å²) in [5.41, 5.74) is 2.07. The van der Waals surface area contributed by atoms with Crippen molar-refractivity contribution in [3.05, 3.63) is 23.3 Å². The van der Waals surface area contributed by atoms with Crippen LogP contribution < -0.4 is 0 Å². The third-order valence-corrected chi connectivity index (χ3v) is 3.17. The summed E-state index contributed by atoms with van der Waals surface area (Å²) in [6.07, 6.45) is 6.15. The number of rotatable bonds is 2. The Morgan fingerprint density at radius 3 is 2.73 bits per heavy atom. The lowest BCUT2D eigenvalue weighted by molar-refractivity contribution is -0.125. The first-order chi connectivity index (χ1) is 6.85. The molecule has 1 aliphatic rings. The maximum absolute atomic E-state index is 12.1. The van der Waals surface area contributed by atoms with Crippen molar-refractivity contribution in [2.45, 2.75) is 47.5 Å². The predicted octanol–water partition coefficient (Wildman–Crippen LogP) is 3.90. The highest BCUT2D eigenvalue weighted by molar-refractivity contribution is 6.00. The molecule has 2 atom stereocenters. The second kappa shape index (κ2) is 4.34. The minimum absolute atomic E-state index is 0.171. The third-order valence-electron chi connectivity index (χ3n) is 3.17. The highest BCUT2D eigenvalue weighted by Crippen LogP contribution is 2.38. The molecule has 0 saturated carbocycles. The van der Waals surface area contributed by atoms with Gasteiger partial charge in [-0.15, -0.1) is 0 Å². The molecule has 0 fully saturated rings. The highest BCUT2D eigenvalue weighted by atomic mass is 16.1. The average Bonchev–Trinajstić information content (AvgIpc) is 2.11. The van der Waals surface area contributed by atoms with Gasteiger partial charge in [0, 0.05) is 5.41 Å². The van der Waals surface area contributed by atoms with E-state index in [1.165, 1.54) is 5.57 Å². The Labute approximate surface area is 93.3 Å². The summed E-state index contributed by atoms with van der Waals surface area (Å²) in [4.78, 5) is 12.1. The zero-order chi connectivity index (χ0) is 11.6. The number of carbonyl (C=O) groups excluding carboxylic acids is 1. The van der Waals surface area contributed by atoms with Crippen molar-refractivity contribution in [2.24, 2.45) is 11.3 Å². The van der Waals surface area contributed by atoms with Crippen LogP contribution in [0.15, 0.2) is 23.3 Å². The quantitative estimate of drug-likeness (QED) is 0.626. The first kappa shape index (κ1) is 12.2. The normalized spacial score (nSPS) is 31.1. The van der Waals surface area contributed by atoms with E-state index in [-0.39, 0.29) is 5.41 Å². The maximum Gasteiger partial charge on any atom is 0.164 e. The lowest BCUT2D eigenvalue weighted by Gasteiger charge is -2.33. The smallest absolute Gasteiger partial charge is 0.164 e. The zero-order valence-corrected chi connectivity index (χ0v) is 10.6. The van der Waals surface area contributed by atoms with Crippen LogP contribution in [0.1, 0.15) is 47.5 Å². The van der Waals surface area contributed by atoms with E-state index >= 15 is 0 Å². The van der Waals surface area contributed by atoms with Crippen molar-refractivity contribution in [2.75, 3.05) is 0 Å². The van der Waals surface area contributed by atoms with E-state index in [1.54, 1.807) is 0 Å². The van der Waals surface area contributed by atoms with E-state index in [0.29, 0.717) is 11.7 Å². The monoisotopic (exact) mass is 206 g/mol. The highest BCUT2D eigenvalue weighted by Gasteiger charge is 2.36. The molecule has 0 aromatic heterocycles. The molecule has 2 unspecified atom stereocenters. The molecule has 0 saturated heterocycles. The summed E-state index contributed by atoms with van der Waals surface area (Å²) >= 11 is 0. The minimum Gasteiger partial charge on any atom is -0.294 e. The topological polar surface area (TPSA) is 17.1 Å². The van der Waals surface area contributed by atoms with E-state index < -0.39 is 0 Å². The molecular weight excluding hydrogens is 184 g/mol.